The maximum atomic E-state index is 12.6. The van der Waals surface area contributed by atoms with E-state index in [1.54, 1.807) is 30.3 Å². The van der Waals surface area contributed by atoms with Crippen LogP contribution in [0.4, 0.5) is 18.9 Å². The molecule has 1 amide bonds. The largest absolute Gasteiger partial charge is 0.416 e. The van der Waals surface area contributed by atoms with Gasteiger partial charge in [-0.15, -0.1) is 0 Å². The van der Waals surface area contributed by atoms with E-state index in [9.17, 15) is 18.0 Å². The van der Waals surface area contributed by atoms with Gasteiger partial charge in [-0.05, 0) is 35.7 Å². The molecule has 0 aliphatic rings. The first kappa shape index (κ1) is 16.2. The molecular weight excluding hydrogens is 311 g/mol. The van der Waals surface area contributed by atoms with Gasteiger partial charge in [0.1, 0.15) is 0 Å². The summed E-state index contributed by atoms with van der Waals surface area (Å²) in [5.41, 5.74) is -0.0548. The highest BCUT2D eigenvalue weighted by Gasteiger charge is 2.30. The van der Waals surface area contributed by atoms with Gasteiger partial charge in [-0.1, -0.05) is 36.0 Å². The summed E-state index contributed by atoms with van der Waals surface area (Å²) in [6.45, 7) is 0. The second-order valence-electron chi connectivity index (χ2n) is 4.30. The number of rotatable bonds is 4. The minimum atomic E-state index is -4.37. The van der Waals surface area contributed by atoms with Crippen LogP contribution in [-0.4, -0.2) is 5.91 Å². The number of amides is 1. The van der Waals surface area contributed by atoms with Crippen molar-refractivity contribution in [2.75, 3.05) is 5.32 Å². The normalized spacial score (nSPS) is 11.6. The Balaban J connectivity index is 1.94. The molecule has 0 aliphatic carbocycles. The molecule has 0 unspecified atom stereocenters. The smallest absolute Gasteiger partial charge is 0.322 e. The monoisotopic (exact) mass is 323 g/mol. The van der Waals surface area contributed by atoms with Gasteiger partial charge in [0.25, 0.3) is 0 Å². The molecule has 0 aliphatic heterocycles. The average molecular weight is 323 g/mol. The number of hydrogen-bond acceptors (Lipinski definition) is 2. The molecule has 2 aromatic carbocycles. The zero-order valence-electron chi connectivity index (χ0n) is 11.3. The number of para-hydroxylation sites is 1. The number of carbonyl (C=O) groups is 1. The summed E-state index contributed by atoms with van der Waals surface area (Å²) in [5, 5.41) is 4.10. The molecule has 2 rings (SSSR count). The van der Waals surface area contributed by atoms with E-state index in [1.165, 1.54) is 17.6 Å². The van der Waals surface area contributed by atoms with Gasteiger partial charge in [0, 0.05) is 16.7 Å². The quantitative estimate of drug-likeness (QED) is 0.637. The van der Waals surface area contributed by atoms with Gasteiger partial charge < -0.3 is 5.32 Å². The summed E-state index contributed by atoms with van der Waals surface area (Å²) in [4.78, 5) is 12.1. The highest BCUT2D eigenvalue weighted by atomic mass is 32.2. The van der Waals surface area contributed by atoms with Crippen LogP contribution >= 0.6 is 11.8 Å². The first-order valence-electron chi connectivity index (χ1n) is 6.31. The maximum absolute atomic E-state index is 12.6. The molecule has 0 heterocycles. The van der Waals surface area contributed by atoms with Crippen LogP contribution in [0.3, 0.4) is 0 Å². The van der Waals surface area contributed by atoms with Crippen molar-refractivity contribution in [1.82, 2.24) is 0 Å². The summed E-state index contributed by atoms with van der Waals surface area (Å²) < 4.78 is 37.7. The first-order valence-corrected chi connectivity index (χ1v) is 7.19. The second kappa shape index (κ2) is 7.17. The fourth-order valence-electron chi connectivity index (χ4n) is 1.63. The number of halogens is 3. The highest BCUT2D eigenvalue weighted by Crippen LogP contribution is 2.32. The Kier molecular flexibility index (Phi) is 5.27. The molecule has 0 bridgehead atoms. The van der Waals surface area contributed by atoms with Gasteiger partial charge in [-0.2, -0.15) is 13.2 Å². The van der Waals surface area contributed by atoms with Crippen molar-refractivity contribution in [3.8, 4) is 0 Å². The Morgan fingerprint density at radius 3 is 2.45 bits per heavy atom. The summed E-state index contributed by atoms with van der Waals surface area (Å²) in [6.07, 6.45) is -3.09. The molecule has 1 N–H and O–H groups in total. The third-order valence-electron chi connectivity index (χ3n) is 2.63. The van der Waals surface area contributed by atoms with Crippen LogP contribution in [0.2, 0.25) is 0 Å². The van der Waals surface area contributed by atoms with Gasteiger partial charge in [0.2, 0.25) is 5.91 Å². The summed E-state index contributed by atoms with van der Waals surface area (Å²) in [5.74, 6) is -0.342. The molecule has 6 heteroatoms. The van der Waals surface area contributed by atoms with Crippen molar-refractivity contribution in [2.24, 2.45) is 0 Å². The Morgan fingerprint density at radius 2 is 1.77 bits per heavy atom. The Labute approximate surface area is 130 Å². The lowest BCUT2D eigenvalue weighted by Crippen LogP contribution is -2.07. The van der Waals surface area contributed by atoms with E-state index >= 15 is 0 Å². The Morgan fingerprint density at radius 1 is 1.05 bits per heavy atom. The minimum Gasteiger partial charge on any atom is -0.322 e. The lowest BCUT2D eigenvalue weighted by atomic mass is 10.2. The number of alkyl halides is 3. The average Bonchev–Trinajstić information content (AvgIpc) is 2.48. The standard InChI is InChI=1S/C16H12F3NOS/c17-16(18,19)12-5-4-8-14(11-12)22-10-9-15(21)20-13-6-2-1-3-7-13/h1-11H,(H,20,21). The number of carbonyl (C=O) groups excluding carboxylic acids is 1. The fraction of sp³-hybridized carbons (Fsp3) is 0.0625. The maximum Gasteiger partial charge on any atom is 0.416 e. The zero-order chi connectivity index (χ0) is 16.0. The zero-order valence-corrected chi connectivity index (χ0v) is 12.1. The Bertz CT molecular complexity index is 669. The summed E-state index contributed by atoms with van der Waals surface area (Å²) >= 11 is 1.05. The predicted molar refractivity (Wildman–Crippen MR) is 81.5 cm³/mol. The van der Waals surface area contributed by atoms with Gasteiger partial charge >= 0.3 is 6.18 Å². The molecule has 0 saturated heterocycles. The van der Waals surface area contributed by atoms with Crippen molar-refractivity contribution < 1.29 is 18.0 Å². The molecule has 0 aromatic heterocycles. The number of thioether (sulfide) groups is 1. The third-order valence-corrected chi connectivity index (χ3v) is 3.42. The van der Waals surface area contributed by atoms with Crippen LogP contribution in [0, 0.1) is 0 Å². The van der Waals surface area contributed by atoms with Crippen LogP contribution < -0.4 is 5.32 Å². The molecule has 0 spiro atoms. The van der Waals surface area contributed by atoms with E-state index in [1.807, 2.05) is 6.07 Å². The van der Waals surface area contributed by atoms with Crippen LogP contribution in [0.25, 0.3) is 0 Å². The predicted octanol–water partition coefficient (Wildman–Crippen LogP) is 4.95. The number of hydrogen-bond donors (Lipinski definition) is 1. The molecule has 0 radical (unpaired) electrons. The molecule has 0 atom stereocenters. The fourth-order valence-corrected chi connectivity index (χ4v) is 2.33. The van der Waals surface area contributed by atoms with E-state index in [2.05, 4.69) is 5.32 Å². The van der Waals surface area contributed by atoms with E-state index in [4.69, 9.17) is 0 Å². The molecule has 2 nitrogen and oxygen atoms in total. The van der Waals surface area contributed by atoms with Gasteiger partial charge in [0.15, 0.2) is 0 Å². The van der Waals surface area contributed by atoms with Crippen molar-refractivity contribution >= 4 is 23.4 Å². The van der Waals surface area contributed by atoms with E-state index in [0.29, 0.717) is 10.6 Å². The van der Waals surface area contributed by atoms with Crippen LogP contribution in [0.15, 0.2) is 71.0 Å². The topological polar surface area (TPSA) is 29.1 Å². The van der Waals surface area contributed by atoms with Crippen LogP contribution in [-0.2, 0) is 11.0 Å². The number of benzene rings is 2. The molecule has 0 saturated carbocycles. The van der Waals surface area contributed by atoms with E-state index in [-0.39, 0.29) is 5.91 Å². The van der Waals surface area contributed by atoms with Gasteiger partial charge in [0.05, 0.1) is 5.56 Å². The van der Waals surface area contributed by atoms with Gasteiger partial charge in [-0.25, -0.2) is 0 Å². The SMILES string of the molecule is O=C(C=CSc1cccc(C(F)(F)F)c1)Nc1ccccc1. The summed E-state index contributed by atoms with van der Waals surface area (Å²) in [6, 6.07) is 13.8. The molecule has 22 heavy (non-hydrogen) atoms. The minimum absolute atomic E-state index is 0.342. The number of anilines is 1. The Hall–Kier alpha value is -2.21. The first-order chi connectivity index (χ1) is 10.4. The van der Waals surface area contributed by atoms with Crippen molar-refractivity contribution in [2.45, 2.75) is 11.1 Å². The lowest BCUT2D eigenvalue weighted by molar-refractivity contribution is -0.137. The third kappa shape index (κ3) is 4.96. The van der Waals surface area contributed by atoms with Crippen LogP contribution in [0.5, 0.6) is 0 Å². The molecular formula is C16H12F3NOS. The van der Waals surface area contributed by atoms with Crippen LogP contribution in [0.1, 0.15) is 5.56 Å². The van der Waals surface area contributed by atoms with E-state index < -0.39 is 11.7 Å². The highest BCUT2D eigenvalue weighted by molar-refractivity contribution is 8.02. The molecule has 0 fully saturated rings. The summed E-state index contributed by atoms with van der Waals surface area (Å²) in [7, 11) is 0. The molecule has 2 aromatic rings. The lowest BCUT2D eigenvalue weighted by Gasteiger charge is -2.07. The van der Waals surface area contributed by atoms with Crippen molar-refractivity contribution in [3.63, 3.8) is 0 Å². The van der Waals surface area contributed by atoms with E-state index in [0.717, 1.165) is 23.9 Å². The molecule has 114 valence electrons. The van der Waals surface area contributed by atoms with Gasteiger partial charge in [-0.3, -0.25) is 4.79 Å². The second-order valence-corrected chi connectivity index (χ2v) is 5.28. The number of nitrogens with one attached hydrogen (secondary N) is 1. The van der Waals surface area contributed by atoms with Crippen molar-refractivity contribution in [3.05, 3.63) is 71.6 Å². The van der Waals surface area contributed by atoms with Crippen molar-refractivity contribution in [1.29, 1.82) is 0 Å².